The van der Waals surface area contributed by atoms with Gasteiger partial charge in [-0.3, -0.25) is 4.79 Å². The zero-order chi connectivity index (χ0) is 15.1. The van der Waals surface area contributed by atoms with Crippen LogP contribution in [0.5, 0.6) is 0 Å². The molecule has 8 heteroatoms. The molecule has 0 aromatic heterocycles. The van der Waals surface area contributed by atoms with E-state index >= 15 is 0 Å². The van der Waals surface area contributed by atoms with Crippen LogP contribution in [0.2, 0.25) is 0 Å². The van der Waals surface area contributed by atoms with Crippen molar-refractivity contribution in [1.29, 1.82) is 0 Å². The molecular formula is C12H15FN2O4S. The Kier molecular flexibility index (Phi) is 3.70. The van der Waals surface area contributed by atoms with E-state index < -0.39 is 27.7 Å². The monoisotopic (exact) mass is 302 g/mol. The summed E-state index contributed by atoms with van der Waals surface area (Å²) in [5, 5.41) is 14.0. The molecule has 110 valence electrons. The molecule has 0 saturated carbocycles. The fraction of sp³-hybridized carbons (Fsp3) is 0.417. The fourth-order valence-corrected chi connectivity index (χ4v) is 2.93. The van der Waals surface area contributed by atoms with Crippen LogP contribution in [0.1, 0.15) is 6.92 Å². The van der Waals surface area contributed by atoms with Gasteiger partial charge in [-0.05, 0) is 24.1 Å². The summed E-state index contributed by atoms with van der Waals surface area (Å²) in [6.07, 6.45) is 0. The highest BCUT2D eigenvalue weighted by molar-refractivity contribution is 7.89. The highest BCUT2D eigenvalue weighted by atomic mass is 32.2. The number of aliphatic carboxylic acids is 1. The molecule has 0 aliphatic carbocycles. The molecule has 0 amide bonds. The minimum atomic E-state index is -3.95. The van der Waals surface area contributed by atoms with Crippen molar-refractivity contribution in [3.8, 4) is 0 Å². The average molecular weight is 302 g/mol. The van der Waals surface area contributed by atoms with Crippen LogP contribution in [0.25, 0.3) is 0 Å². The lowest BCUT2D eigenvalue weighted by Crippen LogP contribution is -2.24. The molecule has 6 nitrogen and oxygen atoms in total. The number of primary sulfonamides is 1. The van der Waals surface area contributed by atoms with Crippen molar-refractivity contribution >= 4 is 21.7 Å². The maximum Gasteiger partial charge on any atom is 0.308 e. The Hall–Kier alpha value is -1.67. The van der Waals surface area contributed by atoms with Gasteiger partial charge in [-0.25, -0.2) is 17.9 Å². The fourth-order valence-electron chi connectivity index (χ4n) is 2.41. The SMILES string of the molecule is CC1CN(c2ccc(S(N)(=O)=O)cc2F)CC1C(=O)O. The molecule has 1 fully saturated rings. The highest BCUT2D eigenvalue weighted by Crippen LogP contribution is 2.30. The number of anilines is 1. The number of nitrogens with two attached hydrogens (primary N) is 1. The second-order valence-corrected chi connectivity index (χ2v) is 6.55. The Morgan fingerprint density at radius 2 is 2.10 bits per heavy atom. The summed E-state index contributed by atoms with van der Waals surface area (Å²) in [5.41, 5.74) is 0.188. The van der Waals surface area contributed by atoms with Gasteiger partial charge in [0.25, 0.3) is 0 Å². The molecule has 2 atom stereocenters. The molecule has 2 rings (SSSR count). The number of benzene rings is 1. The predicted molar refractivity (Wildman–Crippen MR) is 70.3 cm³/mol. The first-order chi connectivity index (χ1) is 9.20. The molecule has 20 heavy (non-hydrogen) atoms. The molecular weight excluding hydrogens is 287 g/mol. The number of hydrogen-bond acceptors (Lipinski definition) is 4. The molecule has 2 unspecified atom stereocenters. The number of carboxylic acids is 1. The van der Waals surface area contributed by atoms with Gasteiger partial charge in [0.1, 0.15) is 5.82 Å². The number of halogens is 1. The molecule has 1 saturated heterocycles. The quantitative estimate of drug-likeness (QED) is 0.853. The van der Waals surface area contributed by atoms with Crippen LogP contribution in [0.4, 0.5) is 10.1 Å². The first-order valence-electron chi connectivity index (χ1n) is 6.00. The van der Waals surface area contributed by atoms with E-state index in [2.05, 4.69) is 0 Å². The zero-order valence-electron chi connectivity index (χ0n) is 10.8. The first-order valence-corrected chi connectivity index (χ1v) is 7.55. The van der Waals surface area contributed by atoms with Crippen LogP contribution in [0.3, 0.4) is 0 Å². The van der Waals surface area contributed by atoms with Crippen LogP contribution >= 0.6 is 0 Å². The molecule has 1 aliphatic heterocycles. The summed E-state index contributed by atoms with van der Waals surface area (Å²) in [6.45, 7) is 2.39. The summed E-state index contributed by atoms with van der Waals surface area (Å²) in [6, 6.07) is 3.38. The average Bonchev–Trinajstić information content (AvgIpc) is 2.69. The van der Waals surface area contributed by atoms with E-state index in [0.29, 0.717) is 6.54 Å². The second-order valence-electron chi connectivity index (χ2n) is 4.99. The lowest BCUT2D eigenvalue weighted by atomic mass is 9.99. The first kappa shape index (κ1) is 14.7. The lowest BCUT2D eigenvalue weighted by molar-refractivity contribution is -0.142. The number of carbonyl (C=O) groups is 1. The van der Waals surface area contributed by atoms with Crippen molar-refractivity contribution in [2.24, 2.45) is 17.0 Å². The smallest absolute Gasteiger partial charge is 0.308 e. The van der Waals surface area contributed by atoms with Crippen molar-refractivity contribution in [1.82, 2.24) is 0 Å². The molecule has 0 bridgehead atoms. The normalized spacial score (nSPS) is 23.1. The summed E-state index contributed by atoms with van der Waals surface area (Å²) >= 11 is 0. The summed E-state index contributed by atoms with van der Waals surface area (Å²) in [5.74, 6) is -2.31. The second kappa shape index (κ2) is 5.02. The van der Waals surface area contributed by atoms with Crippen molar-refractivity contribution in [3.63, 3.8) is 0 Å². The largest absolute Gasteiger partial charge is 0.481 e. The van der Waals surface area contributed by atoms with Crippen LogP contribution in [0, 0.1) is 17.7 Å². The van der Waals surface area contributed by atoms with Crippen molar-refractivity contribution in [2.75, 3.05) is 18.0 Å². The van der Waals surface area contributed by atoms with Gasteiger partial charge in [-0.15, -0.1) is 0 Å². The van der Waals surface area contributed by atoms with E-state index in [-0.39, 0.29) is 23.0 Å². The van der Waals surface area contributed by atoms with Crippen LogP contribution < -0.4 is 10.0 Å². The van der Waals surface area contributed by atoms with E-state index in [9.17, 15) is 17.6 Å². The lowest BCUT2D eigenvalue weighted by Gasteiger charge is -2.19. The third kappa shape index (κ3) is 2.75. The Bertz CT molecular complexity index is 647. The van der Waals surface area contributed by atoms with Gasteiger partial charge in [-0.2, -0.15) is 0 Å². The van der Waals surface area contributed by atoms with Gasteiger partial charge >= 0.3 is 5.97 Å². The van der Waals surface area contributed by atoms with E-state index in [4.69, 9.17) is 10.2 Å². The Morgan fingerprint density at radius 1 is 1.45 bits per heavy atom. The van der Waals surface area contributed by atoms with E-state index in [1.807, 2.05) is 0 Å². The molecule has 1 aromatic rings. The number of carboxylic acid groups (broad SMARTS) is 1. The maximum absolute atomic E-state index is 14.0. The van der Waals surface area contributed by atoms with Crippen LogP contribution in [-0.2, 0) is 14.8 Å². The molecule has 3 N–H and O–H groups in total. The predicted octanol–water partition coefficient (Wildman–Crippen LogP) is 0.630. The van der Waals surface area contributed by atoms with Gasteiger partial charge in [-0.1, -0.05) is 6.92 Å². The Balaban J connectivity index is 2.30. The van der Waals surface area contributed by atoms with Crippen molar-refractivity contribution in [2.45, 2.75) is 11.8 Å². The summed E-state index contributed by atoms with van der Waals surface area (Å²) in [7, 11) is -3.95. The van der Waals surface area contributed by atoms with Gasteiger partial charge in [0.05, 0.1) is 16.5 Å². The van der Waals surface area contributed by atoms with Crippen LogP contribution in [-0.4, -0.2) is 32.6 Å². The van der Waals surface area contributed by atoms with Crippen molar-refractivity contribution < 1.29 is 22.7 Å². The van der Waals surface area contributed by atoms with Gasteiger partial charge < -0.3 is 10.0 Å². The Labute approximate surface area is 116 Å². The van der Waals surface area contributed by atoms with Crippen molar-refractivity contribution in [3.05, 3.63) is 24.0 Å². The molecule has 0 radical (unpaired) electrons. The van der Waals surface area contributed by atoms with Gasteiger partial charge in [0.15, 0.2) is 0 Å². The van der Waals surface area contributed by atoms with Crippen LogP contribution in [0.15, 0.2) is 23.1 Å². The molecule has 1 aliphatic rings. The summed E-state index contributed by atoms with van der Waals surface area (Å²) < 4.78 is 36.2. The third-order valence-corrected chi connectivity index (χ3v) is 4.43. The Morgan fingerprint density at radius 3 is 2.55 bits per heavy atom. The number of nitrogens with zero attached hydrogens (tertiary/aromatic N) is 1. The minimum Gasteiger partial charge on any atom is -0.481 e. The van der Waals surface area contributed by atoms with E-state index in [1.54, 1.807) is 11.8 Å². The topological polar surface area (TPSA) is 101 Å². The van der Waals surface area contributed by atoms with E-state index in [1.165, 1.54) is 12.1 Å². The maximum atomic E-state index is 14.0. The zero-order valence-corrected chi connectivity index (χ0v) is 11.6. The number of rotatable bonds is 3. The van der Waals surface area contributed by atoms with E-state index in [0.717, 1.165) is 6.07 Å². The molecule has 1 heterocycles. The molecule has 0 spiro atoms. The number of hydrogen-bond donors (Lipinski definition) is 2. The molecule has 1 aromatic carbocycles. The van der Waals surface area contributed by atoms with Gasteiger partial charge in [0, 0.05) is 13.1 Å². The third-order valence-electron chi connectivity index (χ3n) is 3.52. The summed E-state index contributed by atoms with van der Waals surface area (Å²) in [4.78, 5) is 12.3. The minimum absolute atomic E-state index is 0.107. The van der Waals surface area contributed by atoms with Gasteiger partial charge in [0.2, 0.25) is 10.0 Å². The highest BCUT2D eigenvalue weighted by Gasteiger charge is 2.35. The standard InChI is InChI=1S/C12H15FN2O4S/c1-7-5-15(6-9(7)12(16)17)11-3-2-8(4-10(11)13)20(14,18)19/h2-4,7,9H,5-6H2,1H3,(H,16,17)(H2,14,18,19). The number of sulfonamides is 1.